The molecule has 1 aromatic carbocycles. The number of aliphatic hydroxyl groups excluding tert-OH is 2. The molecule has 5 nitrogen and oxygen atoms in total. The fourth-order valence-electron chi connectivity index (χ4n) is 1.97. The van der Waals surface area contributed by atoms with Gasteiger partial charge in [-0.05, 0) is 24.6 Å². The number of hydrogen-bond acceptors (Lipinski definition) is 5. The summed E-state index contributed by atoms with van der Waals surface area (Å²) in [5.41, 5.74) is 0.969. The van der Waals surface area contributed by atoms with E-state index in [9.17, 15) is 10.2 Å². The number of rotatable bonds is 4. The van der Waals surface area contributed by atoms with E-state index in [0.29, 0.717) is 6.61 Å². The Bertz CT molecular complexity index is 377. The highest BCUT2D eigenvalue weighted by molar-refractivity contribution is 5.26. The van der Waals surface area contributed by atoms with E-state index in [1.165, 1.54) is 0 Å². The third-order valence-electron chi connectivity index (χ3n) is 3.05. The van der Waals surface area contributed by atoms with E-state index in [0.717, 1.165) is 11.3 Å². The SMILES string of the molecule is COc1ccc(CO[C@H]2[C@H](O)C(O)O[C@@H]2C)cc1. The second-order valence-corrected chi connectivity index (χ2v) is 4.35. The molecule has 1 fully saturated rings. The summed E-state index contributed by atoms with van der Waals surface area (Å²) >= 11 is 0. The molecular weight excluding hydrogens is 236 g/mol. The molecule has 0 aromatic heterocycles. The average Bonchev–Trinajstić information content (AvgIpc) is 2.62. The van der Waals surface area contributed by atoms with Crippen molar-refractivity contribution in [2.75, 3.05) is 7.11 Å². The fraction of sp³-hybridized carbons (Fsp3) is 0.538. The van der Waals surface area contributed by atoms with Gasteiger partial charge in [0.1, 0.15) is 18.0 Å². The van der Waals surface area contributed by atoms with Crippen molar-refractivity contribution < 1.29 is 24.4 Å². The molecule has 1 aliphatic rings. The Balaban J connectivity index is 1.90. The number of benzene rings is 1. The molecule has 100 valence electrons. The van der Waals surface area contributed by atoms with Gasteiger partial charge < -0.3 is 24.4 Å². The summed E-state index contributed by atoms with van der Waals surface area (Å²) in [6.45, 7) is 2.12. The van der Waals surface area contributed by atoms with E-state index in [1.54, 1.807) is 14.0 Å². The van der Waals surface area contributed by atoms with Crippen molar-refractivity contribution in [1.29, 1.82) is 0 Å². The van der Waals surface area contributed by atoms with Gasteiger partial charge in [0.2, 0.25) is 0 Å². The standard InChI is InChI=1S/C13H18O5/c1-8-12(11(14)13(15)18-8)17-7-9-3-5-10(16-2)6-4-9/h3-6,8,11-15H,7H2,1-2H3/t8-,11+,12-,13?/m1/s1. The Labute approximate surface area is 106 Å². The van der Waals surface area contributed by atoms with Gasteiger partial charge in [-0.15, -0.1) is 0 Å². The number of hydrogen-bond donors (Lipinski definition) is 2. The van der Waals surface area contributed by atoms with Crippen LogP contribution in [0.5, 0.6) is 5.75 Å². The van der Waals surface area contributed by atoms with Crippen molar-refractivity contribution in [2.45, 2.75) is 38.1 Å². The zero-order chi connectivity index (χ0) is 13.1. The van der Waals surface area contributed by atoms with Crippen molar-refractivity contribution in [3.05, 3.63) is 29.8 Å². The molecule has 4 atom stereocenters. The number of methoxy groups -OCH3 is 1. The van der Waals surface area contributed by atoms with Gasteiger partial charge in [-0.3, -0.25) is 0 Å². The van der Waals surface area contributed by atoms with Crippen LogP contribution in [0.3, 0.4) is 0 Å². The highest BCUT2D eigenvalue weighted by Crippen LogP contribution is 2.23. The highest BCUT2D eigenvalue weighted by atomic mass is 16.7. The fourth-order valence-corrected chi connectivity index (χ4v) is 1.97. The van der Waals surface area contributed by atoms with Crippen molar-refractivity contribution in [3.8, 4) is 5.75 Å². The van der Waals surface area contributed by atoms with E-state index in [1.807, 2.05) is 24.3 Å². The number of aliphatic hydroxyl groups is 2. The molecule has 5 heteroatoms. The van der Waals surface area contributed by atoms with E-state index in [2.05, 4.69) is 0 Å². The zero-order valence-electron chi connectivity index (χ0n) is 10.4. The lowest BCUT2D eigenvalue weighted by atomic mass is 10.1. The molecule has 1 heterocycles. The second-order valence-electron chi connectivity index (χ2n) is 4.35. The molecule has 0 bridgehead atoms. The third-order valence-corrected chi connectivity index (χ3v) is 3.05. The van der Waals surface area contributed by atoms with Crippen LogP contribution in [0.4, 0.5) is 0 Å². The maximum absolute atomic E-state index is 9.67. The summed E-state index contributed by atoms with van der Waals surface area (Å²) in [6, 6.07) is 7.47. The maximum atomic E-state index is 9.67. The molecule has 0 radical (unpaired) electrons. The lowest BCUT2D eigenvalue weighted by Crippen LogP contribution is -2.34. The molecule has 0 aliphatic carbocycles. The summed E-state index contributed by atoms with van der Waals surface area (Å²) in [7, 11) is 1.61. The second kappa shape index (κ2) is 5.67. The molecule has 1 aromatic rings. The minimum atomic E-state index is -1.17. The lowest BCUT2D eigenvalue weighted by molar-refractivity contribution is -0.124. The summed E-state index contributed by atoms with van der Waals surface area (Å²) in [5, 5.41) is 19.0. The van der Waals surface area contributed by atoms with Crippen molar-refractivity contribution in [1.82, 2.24) is 0 Å². The van der Waals surface area contributed by atoms with Crippen LogP contribution in [0.2, 0.25) is 0 Å². The van der Waals surface area contributed by atoms with Crippen molar-refractivity contribution >= 4 is 0 Å². The molecule has 0 saturated carbocycles. The number of ether oxygens (including phenoxy) is 3. The molecule has 1 aliphatic heterocycles. The van der Waals surface area contributed by atoms with Crippen LogP contribution in [0, 0.1) is 0 Å². The summed E-state index contributed by atoms with van der Waals surface area (Å²) in [5.74, 6) is 0.784. The molecular formula is C13H18O5. The average molecular weight is 254 g/mol. The summed E-state index contributed by atoms with van der Waals surface area (Å²) < 4.78 is 15.7. The molecule has 1 unspecified atom stereocenters. The molecule has 0 amide bonds. The lowest BCUT2D eigenvalue weighted by Gasteiger charge is -2.17. The van der Waals surface area contributed by atoms with Gasteiger partial charge in [-0.1, -0.05) is 12.1 Å². The predicted molar refractivity (Wildman–Crippen MR) is 64.1 cm³/mol. The molecule has 18 heavy (non-hydrogen) atoms. The van der Waals surface area contributed by atoms with Crippen LogP contribution in [0.1, 0.15) is 12.5 Å². The normalized spacial score (nSPS) is 31.6. The quantitative estimate of drug-likeness (QED) is 0.827. The monoisotopic (exact) mass is 254 g/mol. The summed E-state index contributed by atoms with van der Waals surface area (Å²) in [4.78, 5) is 0. The first-order valence-electron chi connectivity index (χ1n) is 5.88. The predicted octanol–water partition coefficient (Wildman–Crippen LogP) is 0.678. The topological polar surface area (TPSA) is 68.2 Å². The summed E-state index contributed by atoms with van der Waals surface area (Å²) in [6.07, 6.45) is -3.01. The molecule has 2 rings (SSSR count). The van der Waals surface area contributed by atoms with Crippen LogP contribution in [-0.4, -0.2) is 41.9 Å². The van der Waals surface area contributed by atoms with Crippen molar-refractivity contribution in [3.63, 3.8) is 0 Å². The smallest absolute Gasteiger partial charge is 0.183 e. The Morgan fingerprint density at radius 3 is 2.39 bits per heavy atom. The van der Waals surface area contributed by atoms with Crippen LogP contribution >= 0.6 is 0 Å². The van der Waals surface area contributed by atoms with E-state index in [-0.39, 0.29) is 6.10 Å². The van der Waals surface area contributed by atoms with Gasteiger partial charge in [0.15, 0.2) is 6.29 Å². The Kier molecular flexibility index (Phi) is 4.19. The minimum absolute atomic E-state index is 0.326. The molecule has 1 saturated heterocycles. The molecule has 2 N–H and O–H groups in total. The van der Waals surface area contributed by atoms with Crippen LogP contribution in [-0.2, 0) is 16.1 Å². The largest absolute Gasteiger partial charge is 0.497 e. The first kappa shape index (κ1) is 13.3. The first-order chi connectivity index (χ1) is 8.61. The zero-order valence-corrected chi connectivity index (χ0v) is 10.4. The Morgan fingerprint density at radius 1 is 1.22 bits per heavy atom. The van der Waals surface area contributed by atoms with Gasteiger partial charge >= 0.3 is 0 Å². The van der Waals surface area contributed by atoms with Crippen molar-refractivity contribution in [2.24, 2.45) is 0 Å². The van der Waals surface area contributed by atoms with E-state index < -0.39 is 18.5 Å². The highest BCUT2D eigenvalue weighted by Gasteiger charge is 2.41. The molecule has 0 spiro atoms. The first-order valence-corrected chi connectivity index (χ1v) is 5.88. The van der Waals surface area contributed by atoms with Gasteiger partial charge in [0, 0.05) is 0 Å². The van der Waals surface area contributed by atoms with E-state index >= 15 is 0 Å². The van der Waals surface area contributed by atoms with Crippen LogP contribution in [0.25, 0.3) is 0 Å². The minimum Gasteiger partial charge on any atom is -0.497 e. The van der Waals surface area contributed by atoms with Gasteiger partial charge in [0.25, 0.3) is 0 Å². The van der Waals surface area contributed by atoms with E-state index in [4.69, 9.17) is 14.2 Å². The van der Waals surface area contributed by atoms with Crippen LogP contribution < -0.4 is 4.74 Å². The Hall–Kier alpha value is -1.14. The maximum Gasteiger partial charge on any atom is 0.183 e. The van der Waals surface area contributed by atoms with Gasteiger partial charge in [-0.2, -0.15) is 0 Å². The van der Waals surface area contributed by atoms with Gasteiger partial charge in [0.05, 0.1) is 19.8 Å². The van der Waals surface area contributed by atoms with Crippen LogP contribution in [0.15, 0.2) is 24.3 Å². The van der Waals surface area contributed by atoms with Gasteiger partial charge in [-0.25, -0.2) is 0 Å². The third kappa shape index (κ3) is 2.81. The Morgan fingerprint density at radius 2 is 1.89 bits per heavy atom.